The molecule has 154 valence electrons. The van der Waals surface area contributed by atoms with Crippen LogP contribution in [0.15, 0.2) is 42.5 Å². The molecule has 0 spiro atoms. The molecule has 0 unspecified atom stereocenters. The van der Waals surface area contributed by atoms with E-state index in [0.717, 1.165) is 11.1 Å². The number of esters is 1. The van der Waals surface area contributed by atoms with Crippen LogP contribution in [-0.2, 0) is 25.5 Å². The molecule has 0 bridgehead atoms. The van der Waals surface area contributed by atoms with E-state index < -0.39 is 11.4 Å². The van der Waals surface area contributed by atoms with Crippen LogP contribution in [0, 0.1) is 19.3 Å². The number of hydrogen-bond donors (Lipinski definition) is 1. The summed E-state index contributed by atoms with van der Waals surface area (Å²) in [5, 5.41) is 2.77. The Hall–Kier alpha value is -2.66. The SMILES string of the molecule is COC(=O)CNC(=O)C1(Cc2ccccc2-c2ccc(C)cc2C)CCOCC1. The molecule has 0 aliphatic carbocycles. The number of aryl methyl sites for hydroxylation is 2. The third-order valence-electron chi connectivity index (χ3n) is 5.77. The van der Waals surface area contributed by atoms with Crippen molar-refractivity contribution in [3.63, 3.8) is 0 Å². The molecule has 5 heteroatoms. The summed E-state index contributed by atoms with van der Waals surface area (Å²) in [5.74, 6) is -0.558. The van der Waals surface area contributed by atoms with Crippen molar-refractivity contribution in [1.29, 1.82) is 0 Å². The van der Waals surface area contributed by atoms with E-state index in [0.29, 0.717) is 32.5 Å². The van der Waals surface area contributed by atoms with Crippen LogP contribution >= 0.6 is 0 Å². The van der Waals surface area contributed by atoms with Gasteiger partial charge in [-0.1, -0.05) is 48.0 Å². The van der Waals surface area contributed by atoms with Gasteiger partial charge in [0.25, 0.3) is 0 Å². The Morgan fingerprint density at radius 2 is 1.79 bits per heavy atom. The van der Waals surface area contributed by atoms with Gasteiger partial charge >= 0.3 is 5.97 Å². The van der Waals surface area contributed by atoms with Crippen LogP contribution in [0.1, 0.15) is 29.5 Å². The molecule has 2 aromatic carbocycles. The predicted molar refractivity (Wildman–Crippen MR) is 113 cm³/mol. The Morgan fingerprint density at radius 3 is 2.48 bits per heavy atom. The van der Waals surface area contributed by atoms with Gasteiger partial charge in [0.05, 0.1) is 12.5 Å². The van der Waals surface area contributed by atoms with E-state index >= 15 is 0 Å². The Kier molecular flexibility index (Phi) is 6.70. The first-order valence-electron chi connectivity index (χ1n) is 10.0. The Labute approximate surface area is 172 Å². The molecule has 1 N–H and O–H groups in total. The molecule has 3 rings (SSSR count). The molecular formula is C24H29NO4. The van der Waals surface area contributed by atoms with E-state index in [1.807, 2.05) is 12.1 Å². The molecule has 0 aromatic heterocycles. The number of carbonyl (C=O) groups is 2. The topological polar surface area (TPSA) is 64.6 Å². The number of amides is 1. The molecule has 0 atom stereocenters. The molecular weight excluding hydrogens is 366 g/mol. The van der Waals surface area contributed by atoms with Crippen molar-refractivity contribution in [3.8, 4) is 11.1 Å². The lowest BCUT2D eigenvalue weighted by Gasteiger charge is -2.36. The summed E-state index contributed by atoms with van der Waals surface area (Å²) in [5.41, 5.74) is 5.32. The lowest BCUT2D eigenvalue weighted by molar-refractivity contribution is -0.144. The number of rotatable bonds is 6. The fraction of sp³-hybridized carbons (Fsp3) is 0.417. The molecule has 0 saturated carbocycles. The van der Waals surface area contributed by atoms with Crippen molar-refractivity contribution >= 4 is 11.9 Å². The highest BCUT2D eigenvalue weighted by atomic mass is 16.5. The largest absolute Gasteiger partial charge is 0.468 e. The monoisotopic (exact) mass is 395 g/mol. The number of hydrogen-bond acceptors (Lipinski definition) is 4. The van der Waals surface area contributed by atoms with Crippen molar-refractivity contribution in [2.75, 3.05) is 26.9 Å². The predicted octanol–water partition coefficient (Wildman–Crippen LogP) is 3.60. The summed E-state index contributed by atoms with van der Waals surface area (Å²) >= 11 is 0. The van der Waals surface area contributed by atoms with Crippen molar-refractivity contribution < 1.29 is 19.1 Å². The normalized spacial score (nSPS) is 15.6. The molecule has 1 amide bonds. The maximum absolute atomic E-state index is 13.1. The fourth-order valence-electron chi connectivity index (χ4n) is 4.08. The van der Waals surface area contributed by atoms with Crippen LogP contribution in [0.2, 0.25) is 0 Å². The molecule has 5 nitrogen and oxygen atoms in total. The quantitative estimate of drug-likeness (QED) is 0.759. The molecule has 2 aromatic rings. The molecule has 0 radical (unpaired) electrons. The maximum atomic E-state index is 13.1. The third kappa shape index (κ3) is 4.85. The van der Waals surface area contributed by atoms with Gasteiger partial charge in [-0.3, -0.25) is 9.59 Å². The highest BCUT2D eigenvalue weighted by Gasteiger charge is 2.40. The van der Waals surface area contributed by atoms with Gasteiger partial charge in [0.2, 0.25) is 5.91 Å². The Bertz CT molecular complexity index is 884. The van der Waals surface area contributed by atoms with Crippen LogP contribution in [0.25, 0.3) is 11.1 Å². The van der Waals surface area contributed by atoms with E-state index in [1.165, 1.54) is 23.8 Å². The van der Waals surface area contributed by atoms with Crippen molar-refractivity contribution in [2.24, 2.45) is 5.41 Å². The lowest BCUT2D eigenvalue weighted by atomic mass is 9.73. The van der Waals surface area contributed by atoms with Gasteiger partial charge in [-0.2, -0.15) is 0 Å². The van der Waals surface area contributed by atoms with E-state index in [-0.39, 0.29) is 12.5 Å². The summed E-state index contributed by atoms with van der Waals surface area (Å²) in [6, 6.07) is 14.7. The van der Waals surface area contributed by atoms with E-state index in [9.17, 15) is 9.59 Å². The molecule has 1 heterocycles. The molecule has 1 fully saturated rings. The number of nitrogens with one attached hydrogen (secondary N) is 1. The zero-order chi connectivity index (χ0) is 20.9. The number of benzene rings is 2. The smallest absolute Gasteiger partial charge is 0.325 e. The van der Waals surface area contributed by atoms with E-state index in [4.69, 9.17) is 4.74 Å². The first-order chi connectivity index (χ1) is 13.9. The van der Waals surface area contributed by atoms with Crippen molar-refractivity contribution in [1.82, 2.24) is 5.32 Å². The Balaban J connectivity index is 1.92. The van der Waals surface area contributed by atoms with Crippen LogP contribution in [0.4, 0.5) is 0 Å². The zero-order valence-electron chi connectivity index (χ0n) is 17.4. The minimum Gasteiger partial charge on any atom is -0.468 e. The third-order valence-corrected chi connectivity index (χ3v) is 5.77. The second-order valence-electron chi connectivity index (χ2n) is 7.80. The lowest BCUT2D eigenvalue weighted by Crippen LogP contribution is -2.47. The highest BCUT2D eigenvalue weighted by Crippen LogP contribution is 2.38. The van der Waals surface area contributed by atoms with Crippen LogP contribution in [0.5, 0.6) is 0 Å². The minimum atomic E-state index is -0.596. The average molecular weight is 395 g/mol. The van der Waals surface area contributed by atoms with Gasteiger partial charge in [0.15, 0.2) is 0 Å². The molecule has 1 saturated heterocycles. The van der Waals surface area contributed by atoms with Gasteiger partial charge in [0, 0.05) is 13.2 Å². The number of carbonyl (C=O) groups excluding carboxylic acids is 2. The summed E-state index contributed by atoms with van der Waals surface area (Å²) in [6.45, 7) is 5.17. The van der Waals surface area contributed by atoms with Crippen LogP contribution in [0.3, 0.4) is 0 Å². The number of methoxy groups -OCH3 is 1. The van der Waals surface area contributed by atoms with Crippen molar-refractivity contribution in [2.45, 2.75) is 33.1 Å². The summed E-state index contributed by atoms with van der Waals surface area (Å²) in [6.07, 6.45) is 1.86. The first-order valence-corrected chi connectivity index (χ1v) is 10.0. The zero-order valence-corrected chi connectivity index (χ0v) is 17.4. The second kappa shape index (κ2) is 9.23. The standard InChI is InChI=1S/C24H29NO4/c1-17-8-9-20(18(2)14-17)21-7-5-4-6-19(21)15-24(10-12-29-13-11-24)23(27)25-16-22(26)28-3/h4-9,14H,10-13,15-16H2,1-3H3,(H,25,27). The van der Waals surface area contributed by atoms with Gasteiger partial charge < -0.3 is 14.8 Å². The van der Waals surface area contributed by atoms with Crippen LogP contribution < -0.4 is 5.32 Å². The van der Waals surface area contributed by atoms with Gasteiger partial charge in [-0.25, -0.2) is 0 Å². The van der Waals surface area contributed by atoms with Crippen molar-refractivity contribution in [3.05, 3.63) is 59.2 Å². The molecule has 29 heavy (non-hydrogen) atoms. The molecule has 1 aliphatic rings. The first kappa shape index (κ1) is 21.1. The highest BCUT2D eigenvalue weighted by molar-refractivity contribution is 5.87. The Morgan fingerprint density at radius 1 is 1.07 bits per heavy atom. The number of ether oxygens (including phenoxy) is 2. The van der Waals surface area contributed by atoms with E-state index in [1.54, 1.807) is 0 Å². The summed E-state index contributed by atoms with van der Waals surface area (Å²) < 4.78 is 10.2. The minimum absolute atomic E-state index is 0.110. The van der Waals surface area contributed by atoms with Crippen LogP contribution in [-0.4, -0.2) is 38.7 Å². The second-order valence-corrected chi connectivity index (χ2v) is 7.80. The van der Waals surface area contributed by atoms with Gasteiger partial charge in [-0.05, 0) is 55.4 Å². The fourth-order valence-corrected chi connectivity index (χ4v) is 4.08. The van der Waals surface area contributed by atoms with Gasteiger partial charge in [0.1, 0.15) is 6.54 Å². The van der Waals surface area contributed by atoms with Gasteiger partial charge in [-0.15, -0.1) is 0 Å². The average Bonchev–Trinajstić information content (AvgIpc) is 2.73. The molecule has 1 aliphatic heterocycles. The summed E-state index contributed by atoms with van der Waals surface area (Å²) in [4.78, 5) is 24.6. The van der Waals surface area contributed by atoms with E-state index in [2.05, 4.69) is 54.2 Å². The maximum Gasteiger partial charge on any atom is 0.325 e. The summed E-state index contributed by atoms with van der Waals surface area (Å²) in [7, 11) is 1.32.